The van der Waals surface area contributed by atoms with Crippen LogP contribution in [-0.4, -0.2) is 34.4 Å². The number of hydrogen-bond donors (Lipinski definition) is 1. The third kappa shape index (κ3) is 3.89. The summed E-state index contributed by atoms with van der Waals surface area (Å²) in [5.41, 5.74) is 2.16. The van der Waals surface area contributed by atoms with Crippen LogP contribution in [0.2, 0.25) is 0 Å². The molecule has 0 saturated heterocycles. The topological polar surface area (TPSA) is 69.0 Å². The highest BCUT2D eigenvalue weighted by molar-refractivity contribution is 5.77. The molecule has 2 rings (SSSR count). The normalized spacial score (nSPS) is 10.4. The molecule has 0 spiro atoms. The third-order valence-corrected chi connectivity index (χ3v) is 2.67. The fourth-order valence-corrected chi connectivity index (χ4v) is 1.75. The smallest absolute Gasteiger partial charge is 0.246 e. The molecule has 1 heterocycles. The number of nitrogens with one attached hydrogen (secondary N) is 1. The lowest BCUT2D eigenvalue weighted by molar-refractivity contribution is -0.124. The predicted molar refractivity (Wildman–Crippen MR) is 69.3 cm³/mol. The van der Waals surface area contributed by atoms with Gasteiger partial charge in [0.25, 0.3) is 0 Å². The van der Waals surface area contributed by atoms with E-state index in [0.29, 0.717) is 13.1 Å². The number of carbonyl (C=O) groups excluding carboxylic acids is 1. The third-order valence-electron chi connectivity index (χ3n) is 2.67. The van der Waals surface area contributed by atoms with Crippen LogP contribution in [0.25, 0.3) is 0 Å². The van der Waals surface area contributed by atoms with Crippen LogP contribution in [0.15, 0.2) is 36.9 Å². The first-order chi connectivity index (χ1) is 9.29. The second kappa shape index (κ2) is 6.65. The van der Waals surface area contributed by atoms with E-state index in [1.165, 1.54) is 13.4 Å². The fourth-order valence-electron chi connectivity index (χ4n) is 1.75. The summed E-state index contributed by atoms with van der Waals surface area (Å²) < 4.78 is 6.52. The number of nitrogens with zero attached hydrogens (tertiary/aromatic N) is 3. The average molecular weight is 260 g/mol. The van der Waals surface area contributed by atoms with Crippen LogP contribution in [0.1, 0.15) is 11.1 Å². The summed E-state index contributed by atoms with van der Waals surface area (Å²) in [5.74, 6) is -0.127. The number of amides is 1. The van der Waals surface area contributed by atoms with Crippen molar-refractivity contribution in [1.82, 2.24) is 20.1 Å². The van der Waals surface area contributed by atoms with Gasteiger partial charge in [0.15, 0.2) is 0 Å². The molecule has 0 unspecified atom stereocenters. The number of carbonyl (C=O) groups is 1. The SMILES string of the molecule is COCC(=O)NCc1ccccc1Cn1cncn1. The molecule has 1 aromatic carbocycles. The summed E-state index contributed by atoms with van der Waals surface area (Å²) in [6.45, 7) is 1.19. The van der Waals surface area contributed by atoms with Gasteiger partial charge in [0.05, 0.1) is 6.54 Å². The number of benzene rings is 1. The maximum atomic E-state index is 11.4. The summed E-state index contributed by atoms with van der Waals surface area (Å²) in [7, 11) is 1.50. The standard InChI is InChI=1S/C13H16N4O2/c1-19-8-13(18)15-6-11-4-2-3-5-12(11)7-17-10-14-9-16-17/h2-5,9-10H,6-8H2,1H3,(H,15,18). The molecular weight excluding hydrogens is 244 g/mol. The lowest BCUT2D eigenvalue weighted by atomic mass is 10.1. The quantitative estimate of drug-likeness (QED) is 0.825. The monoisotopic (exact) mass is 260 g/mol. The van der Waals surface area contributed by atoms with Gasteiger partial charge in [-0.05, 0) is 11.1 Å². The van der Waals surface area contributed by atoms with Gasteiger partial charge in [0.1, 0.15) is 19.3 Å². The minimum Gasteiger partial charge on any atom is -0.375 e. The van der Waals surface area contributed by atoms with Gasteiger partial charge in [-0.3, -0.25) is 4.79 Å². The number of hydrogen-bond acceptors (Lipinski definition) is 4. The molecule has 0 aliphatic carbocycles. The first-order valence-electron chi connectivity index (χ1n) is 5.94. The van der Waals surface area contributed by atoms with Crippen LogP contribution in [0.5, 0.6) is 0 Å². The zero-order valence-corrected chi connectivity index (χ0v) is 10.7. The minimum absolute atomic E-state index is 0.0746. The molecule has 100 valence electrons. The van der Waals surface area contributed by atoms with Gasteiger partial charge in [-0.15, -0.1) is 0 Å². The van der Waals surface area contributed by atoms with E-state index >= 15 is 0 Å². The zero-order chi connectivity index (χ0) is 13.5. The molecular formula is C13H16N4O2. The van der Waals surface area contributed by atoms with Gasteiger partial charge in [0, 0.05) is 13.7 Å². The zero-order valence-electron chi connectivity index (χ0n) is 10.7. The van der Waals surface area contributed by atoms with Crippen LogP contribution in [0.4, 0.5) is 0 Å². The van der Waals surface area contributed by atoms with Crippen molar-refractivity contribution < 1.29 is 9.53 Å². The van der Waals surface area contributed by atoms with E-state index in [-0.39, 0.29) is 12.5 Å². The number of methoxy groups -OCH3 is 1. The van der Waals surface area contributed by atoms with Gasteiger partial charge in [-0.1, -0.05) is 24.3 Å². The molecule has 0 fully saturated rings. The van der Waals surface area contributed by atoms with Crippen molar-refractivity contribution in [3.05, 3.63) is 48.0 Å². The van der Waals surface area contributed by atoms with Crippen LogP contribution >= 0.6 is 0 Å². The van der Waals surface area contributed by atoms with E-state index in [4.69, 9.17) is 4.74 Å². The number of aromatic nitrogens is 3. The van der Waals surface area contributed by atoms with E-state index in [2.05, 4.69) is 15.4 Å². The van der Waals surface area contributed by atoms with Gasteiger partial charge < -0.3 is 10.1 Å². The van der Waals surface area contributed by atoms with E-state index in [0.717, 1.165) is 11.1 Å². The lowest BCUT2D eigenvalue weighted by Gasteiger charge is -2.10. The van der Waals surface area contributed by atoms with Gasteiger partial charge in [0.2, 0.25) is 5.91 Å². The highest BCUT2D eigenvalue weighted by atomic mass is 16.5. The molecule has 0 bridgehead atoms. The summed E-state index contributed by atoms with van der Waals surface area (Å²) >= 11 is 0. The van der Waals surface area contributed by atoms with Gasteiger partial charge in [-0.2, -0.15) is 5.10 Å². The van der Waals surface area contributed by atoms with Crippen LogP contribution < -0.4 is 5.32 Å². The molecule has 0 aliphatic rings. The summed E-state index contributed by atoms with van der Waals surface area (Å²) in [6, 6.07) is 7.91. The molecule has 1 aromatic heterocycles. The Kier molecular flexibility index (Phi) is 4.63. The van der Waals surface area contributed by atoms with Crippen molar-refractivity contribution in [2.75, 3.05) is 13.7 Å². The van der Waals surface area contributed by atoms with E-state index in [9.17, 15) is 4.79 Å². The first kappa shape index (κ1) is 13.2. The number of ether oxygens (including phenoxy) is 1. The molecule has 0 atom stereocenters. The average Bonchev–Trinajstić information content (AvgIpc) is 2.91. The Balaban J connectivity index is 2.02. The van der Waals surface area contributed by atoms with Crippen molar-refractivity contribution in [3.8, 4) is 0 Å². The summed E-state index contributed by atoms with van der Waals surface area (Å²) in [4.78, 5) is 15.3. The number of rotatable bonds is 6. The molecule has 0 saturated carbocycles. The highest BCUT2D eigenvalue weighted by Crippen LogP contribution is 2.09. The molecule has 19 heavy (non-hydrogen) atoms. The van der Waals surface area contributed by atoms with Crippen molar-refractivity contribution >= 4 is 5.91 Å². The van der Waals surface area contributed by atoms with Crippen molar-refractivity contribution in [2.24, 2.45) is 0 Å². The Morgan fingerprint density at radius 2 is 2.16 bits per heavy atom. The predicted octanol–water partition coefficient (Wildman–Crippen LogP) is 0.589. The van der Waals surface area contributed by atoms with E-state index in [1.54, 1.807) is 11.0 Å². The Morgan fingerprint density at radius 1 is 1.37 bits per heavy atom. The second-order valence-electron chi connectivity index (χ2n) is 4.07. The van der Waals surface area contributed by atoms with Gasteiger partial charge in [-0.25, -0.2) is 9.67 Å². The van der Waals surface area contributed by atoms with Crippen LogP contribution in [0, 0.1) is 0 Å². The van der Waals surface area contributed by atoms with E-state index < -0.39 is 0 Å². The molecule has 2 aromatic rings. The van der Waals surface area contributed by atoms with Crippen molar-refractivity contribution in [3.63, 3.8) is 0 Å². The molecule has 6 heteroatoms. The minimum atomic E-state index is -0.127. The molecule has 1 N–H and O–H groups in total. The maximum Gasteiger partial charge on any atom is 0.246 e. The Morgan fingerprint density at radius 3 is 2.84 bits per heavy atom. The summed E-state index contributed by atoms with van der Waals surface area (Å²) in [6.07, 6.45) is 3.17. The second-order valence-corrected chi connectivity index (χ2v) is 4.07. The first-order valence-corrected chi connectivity index (χ1v) is 5.94. The molecule has 6 nitrogen and oxygen atoms in total. The largest absolute Gasteiger partial charge is 0.375 e. The summed E-state index contributed by atoms with van der Waals surface area (Å²) in [5, 5.41) is 6.89. The van der Waals surface area contributed by atoms with Crippen LogP contribution in [-0.2, 0) is 22.6 Å². The van der Waals surface area contributed by atoms with Crippen molar-refractivity contribution in [2.45, 2.75) is 13.1 Å². The Hall–Kier alpha value is -2.21. The highest BCUT2D eigenvalue weighted by Gasteiger charge is 2.05. The Bertz CT molecular complexity index is 525. The van der Waals surface area contributed by atoms with Crippen LogP contribution in [0.3, 0.4) is 0 Å². The Labute approximate surface area is 111 Å². The van der Waals surface area contributed by atoms with Crippen molar-refractivity contribution in [1.29, 1.82) is 0 Å². The molecule has 0 radical (unpaired) electrons. The molecule has 0 aliphatic heterocycles. The lowest BCUT2D eigenvalue weighted by Crippen LogP contribution is -2.27. The van der Waals surface area contributed by atoms with Gasteiger partial charge >= 0.3 is 0 Å². The maximum absolute atomic E-state index is 11.4. The fraction of sp³-hybridized carbons (Fsp3) is 0.308. The van der Waals surface area contributed by atoms with E-state index in [1.807, 2.05) is 24.3 Å². The molecule has 1 amide bonds.